The van der Waals surface area contributed by atoms with E-state index in [9.17, 15) is 19.5 Å². The van der Waals surface area contributed by atoms with Gasteiger partial charge < -0.3 is 24.8 Å². The van der Waals surface area contributed by atoms with Crippen LogP contribution in [-0.2, 0) is 31.3 Å². The number of para-hydroxylation sites is 1. The van der Waals surface area contributed by atoms with Gasteiger partial charge in [0.2, 0.25) is 11.6 Å². The molecule has 1 aromatic carbocycles. The molecule has 1 aromatic heterocycles. The van der Waals surface area contributed by atoms with E-state index in [-0.39, 0.29) is 17.4 Å². The number of fused-ring (bicyclic) bond motifs is 3. The fourth-order valence-electron chi connectivity index (χ4n) is 6.90. The molecule has 3 N–H and O–H groups in total. The van der Waals surface area contributed by atoms with Crippen molar-refractivity contribution in [3.8, 4) is 0 Å². The highest BCUT2D eigenvalue weighted by Crippen LogP contribution is 2.60. The van der Waals surface area contributed by atoms with Crippen molar-refractivity contribution in [2.24, 2.45) is 5.41 Å². The summed E-state index contributed by atoms with van der Waals surface area (Å²) in [5.41, 5.74) is 1.69. The van der Waals surface area contributed by atoms with Gasteiger partial charge in [0.25, 0.3) is 0 Å². The molecular weight excluding hydrogens is 450 g/mol. The van der Waals surface area contributed by atoms with Crippen molar-refractivity contribution in [3.05, 3.63) is 35.5 Å². The van der Waals surface area contributed by atoms with Crippen LogP contribution in [0.2, 0.25) is 0 Å². The first-order valence-electron chi connectivity index (χ1n) is 12.5. The maximum atomic E-state index is 12.8. The Morgan fingerprint density at radius 3 is 2.63 bits per heavy atom. The number of piperidine rings is 1. The maximum absolute atomic E-state index is 12.8. The number of carbonyl (C=O) groups excluding carboxylic acids is 2. The van der Waals surface area contributed by atoms with Gasteiger partial charge in [0.05, 0.1) is 18.7 Å². The molecule has 9 heteroatoms. The summed E-state index contributed by atoms with van der Waals surface area (Å²) in [4.78, 5) is 35.9. The molecule has 35 heavy (non-hydrogen) atoms. The third-order valence-electron chi connectivity index (χ3n) is 8.47. The van der Waals surface area contributed by atoms with Crippen LogP contribution in [-0.4, -0.2) is 63.8 Å². The second kappa shape index (κ2) is 8.64. The van der Waals surface area contributed by atoms with Gasteiger partial charge in [0, 0.05) is 30.5 Å². The van der Waals surface area contributed by atoms with Crippen LogP contribution < -0.4 is 5.32 Å². The number of aliphatic hydroxyl groups is 1. The lowest BCUT2D eigenvalue weighted by atomic mass is 9.62. The van der Waals surface area contributed by atoms with E-state index < -0.39 is 23.7 Å². The number of methoxy groups -OCH3 is 1. The molecule has 0 unspecified atom stereocenters. The van der Waals surface area contributed by atoms with Crippen LogP contribution in [0.3, 0.4) is 0 Å². The number of hydrogen-bond acceptors (Lipinski definition) is 6. The second-order valence-corrected chi connectivity index (χ2v) is 10.2. The zero-order valence-electron chi connectivity index (χ0n) is 20.2. The van der Waals surface area contributed by atoms with Crippen molar-refractivity contribution < 1.29 is 29.3 Å². The highest BCUT2D eigenvalue weighted by molar-refractivity contribution is 5.90. The van der Waals surface area contributed by atoms with Gasteiger partial charge in [-0.1, -0.05) is 25.1 Å². The largest absolute Gasteiger partial charge is 0.480 e. The third kappa shape index (κ3) is 3.55. The molecule has 0 bridgehead atoms. The van der Waals surface area contributed by atoms with Gasteiger partial charge in [-0.25, -0.2) is 9.59 Å². The number of rotatable bonds is 3. The first kappa shape index (κ1) is 23.8. The van der Waals surface area contributed by atoms with Gasteiger partial charge in [0.1, 0.15) is 6.04 Å². The molecule has 6 rings (SSSR count). The number of benzene rings is 1. The zero-order chi connectivity index (χ0) is 25.0. The van der Waals surface area contributed by atoms with Gasteiger partial charge in [-0.2, -0.15) is 0 Å². The highest BCUT2D eigenvalue weighted by atomic mass is 16.5. The lowest BCUT2D eigenvalue weighted by Gasteiger charge is -2.57. The Hall–Kier alpha value is -2.91. The van der Waals surface area contributed by atoms with Gasteiger partial charge >= 0.3 is 11.9 Å². The number of amides is 1. The number of carboxylic acid groups (broad SMARTS) is 1. The summed E-state index contributed by atoms with van der Waals surface area (Å²) < 4.78 is 7.01. The first-order valence-corrected chi connectivity index (χ1v) is 12.5. The van der Waals surface area contributed by atoms with Crippen LogP contribution >= 0.6 is 0 Å². The lowest BCUT2D eigenvalue weighted by Crippen LogP contribution is -2.60. The Kier molecular flexibility index (Phi) is 5.88. The average molecular weight is 484 g/mol. The summed E-state index contributed by atoms with van der Waals surface area (Å²) in [6.07, 6.45) is 5.29. The highest BCUT2D eigenvalue weighted by Gasteiger charge is 2.60. The Morgan fingerprint density at radius 1 is 1.23 bits per heavy atom. The van der Waals surface area contributed by atoms with Gasteiger partial charge in [-0.05, 0) is 55.7 Å². The molecule has 2 saturated heterocycles. The van der Waals surface area contributed by atoms with Gasteiger partial charge in [-0.3, -0.25) is 9.69 Å². The quantitative estimate of drug-likeness (QED) is 0.573. The summed E-state index contributed by atoms with van der Waals surface area (Å²) in [6, 6.07) is 7.81. The molecule has 2 fully saturated rings. The molecule has 4 aliphatic heterocycles. The molecule has 4 aliphatic rings. The number of ether oxygens (including phenoxy) is 1. The smallest absolute Gasteiger partial charge is 0.359 e. The summed E-state index contributed by atoms with van der Waals surface area (Å²) in [7, 11) is 1.37. The normalized spacial score (nSPS) is 31.2. The monoisotopic (exact) mass is 483 g/mol. The number of carboxylic acids is 1. The molecule has 188 valence electrons. The summed E-state index contributed by atoms with van der Waals surface area (Å²) in [6.45, 7) is 4.36. The Bertz CT molecular complexity index is 1190. The number of nitrogens with one attached hydrogen (secondary N) is 1. The van der Waals surface area contributed by atoms with E-state index >= 15 is 0 Å². The first-order chi connectivity index (χ1) is 16.8. The third-order valence-corrected chi connectivity index (χ3v) is 8.47. The lowest BCUT2D eigenvalue weighted by molar-refractivity contribution is -0.194. The van der Waals surface area contributed by atoms with Crippen molar-refractivity contribution in [2.45, 2.75) is 69.7 Å². The fourth-order valence-corrected chi connectivity index (χ4v) is 6.90. The molecule has 9 nitrogen and oxygen atoms in total. The molecule has 0 aliphatic carbocycles. The Balaban J connectivity index is 0.000000239. The summed E-state index contributed by atoms with van der Waals surface area (Å²) >= 11 is 0. The minimum absolute atomic E-state index is 0.0826. The predicted octanol–water partition coefficient (Wildman–Crippen LogP) is 2.30. The number of esters is 1. The van der Waals surface area contributed by atoms with E-state index in [4.69, 9.17) is 9.84 Å². The number of aliphatic carboxylic acids is 1. The average Bonchev–Trinajstić information content (AvgIpc) is 3.45. The number of carbonyl (C=O) groups is 3. The van der Waals surface area contributed by atoms with Crippen molar-refractivity contribution in [3.63, 3.8) is 0 Å². The van der Waals surface area contributed by atoms with Crippen LogP contribution in [0.1, 0.15) is 62.7 Å². The van der Waals surface area contributed by atoms with E-state index in [2.05, 4.69) is 23.2 Å². The van der Waals surface area contributed by atoms with Crippen molar-refractivity contribution >= 4 is 28.7 Å². The second-order valence-electron chi connectivity index (χ2n) is 10.2. The summed E-state index contributed by atoms with van der Waals surface area (Å²) in [5.74, 6) is -1.65. The van der Waals surface area contributed by atoms with E-state index in [0.717, 1.165) is 50.0 Å². The van der Waals surface area contributed by atoms with E-state index in [1.165, 1.54) is 18.1 Å². The Labute approximate surface area is 204 Å². The van der Waals surface area contributed by atoms with Crippen LogP contribution in [0.15, 0.2) is 24.3 Å². The topological polar surface area (TPSA) is 121 Å². The fraction of sp³-hybridized carbons (Fsp3) is 0.577. The molecule has 5 heterocycles. The predicted molar refractivity (Wildman–Crippen MR) is 128 cm³/mol. The molecule has 0 saturated carbocycles. The van der Waals surface area contributed by atoms with Crippen molar-refractivity contribution in [2.75, 3.05) is 20.2 Å². The molecule has 2 aromatic rings. The number of hydrogen-bond donors (Lipinski definition) is 3. The van der Waals surface area contributed by atoms with E-state index in [0.29, 0.717) is 19.3 Å². The Morgan fingerprint density at radius 2 is 2.00 bits per heavy atom. The molecule has 0 spiro atoms. The molecule has 0 radical (unpaired) electrons. The maximum Gasteiger partial charge on any atom is 0.359 e. The SMILES string of the molecule is CC[C@]12CCCN3CCc4c(n(c5ccccc45)[C@@](O)(C(=O)OC)C1)[C@@H]32.O=C1CC[C@@H](C(=O)O)N1. The molecule has 4 atom stereocenters. The van der Waals surface area contributed by atoms with Crippen LogP contribution in [0.25, 0.3) is 10.9 Å². The van der Waals surface area contributed by atoms with Gasteiger partial charge in [-0.15, -0.1) is 0 Å². The van der Waals surface area contributed by atoms with E-state index in [1.807, 2.05) is 22.8 Å². The van der Waals surface area contributed by atoms with E-state index in [1.54, 1.807) is 0 Å². The van der Waals surface area contributed by atoms with Crippen molar-refractivity contribution in [1.82, 2.24) is 14.8 Å². The molecule has 1 amide bonds. The molecular formula is C26H33N3O6. The minimum Gasteiger partial charge on any atom is -0.480 e. The van der Waals surface area contributed by atoms with Crippen LogP contribution in [0.5, 0.6) is 0 Å². The van der Waals surface area contributed by atoms with Gasteiger partial charge in [0.15, 0.2) is 0 Å². The number of aromatic nitrogens is 1. The van der Waals surface area contributed by atoms with Crippen molar-refractivity contribution in [1.29, 1.82) is 0 Å². The standard InChI is InChI=1S/C21H26N2O3.C5H7NO3/c1-3-20-10-6-11-22-12-9-15-14-7-4-5-8-16(14)23(17(15)18(20)22)21(25,13-20)19(24)26-2;7-4-2-1-3(6-4)5(8)9/h4-5,7-8,18,25H,3,6,9-13H2,1-2H3;3H,1-2H2,(H,6,7)(H,8,9)/t18-,20+,21+;3-/m10/s1. The van der Waals surface area contributed by atoms with Crippen LogP contribution in [0.4, 0.5) is 0 Å². The summed E-state index contributed by atoms with van der Waals surface area (Å²) in [5, 5.41) is 23.5. The minimum atomic E-state index is -1.63. The van der Waals surface area contributed by atoms with Crippen LogP contribution in [0, 0.1) is 5.41 Å². The number of nitrogens with zero attached hydrogens (tertiary/aromatic N) is 2. The zero-order valence-corrected chi connectivity index (χ0v) is 20.2.